The molecule has 0 bridgehead atoms. The highest BCUT2D eigenvalue weighted by atomic mass is 35.5. The van der Waals surface area contributed by atoms with E-state index in [9.17, 15) is 57.8 Å². The molecule has 1 aliphatic rings. The van der Waals surface area contributed by atoms with Crippen LogP contribution in [0.4, 0.5) is 17.1 Å². The lowest BCUT2D eigenvalue weighted by atomic mass is 10.0. The van der Waals surface area contributed by atoms with Crippen LogP contribution >= 0.6 is 11.6 Å². The fourth-order valence-corrected chi connectivity index (χ4v) is 7.25. The Hall–Kier alpha value is -9.61. The van der Waals surface area contributed by atoms with E-state index in [0.717, 1.165) is 0 Å². The van der Waals surface area contributed by atoms with Crippen molar-refractivity contribution in [1.82, 2.24) is 30.9 Å². The van der Waals surface area contributed by atoms with Gasteiger partial charge in [0.15, 0.2) is 5.84 Å². The number of rotatable bonds is 27. The summed E-state index contributed by atoms with van der Waals surface area (Å²) in [6.45, 7) is 12.3. The van der Waals surface area contributed by atoms with Crippen molar-refractivity contribution in [3.8, 4) is 0 Å². The number of hydrogen-bond donors (Lipinski definition) is 11. The Morgan fingerprint density at radius 1 is 0.607 bits per heavy atom. The number of hydrogen-bond acceptors (Lipinski definition) is 22. The van der Waals surface area contributed by atoms with E-state index in [1.165, 1.54) is 31.6 Å². The number of amides is 5. The van der Waals surface area contributed by atoms with Crippen LogP contribution in [0.25, 0.3) is 0 Å². The number of aromatic nitrogens is 3. The number of dihydropyridines is 1. The summed E-state index contributed by atoms with van der Waals surface area (Å²) in [5.74, 6) is -8.31. The number of amidine groups is 2. The number of aliphatic imine (C=N–C) groups is 1. The molecular weight excluding hydrogens is 1130 g/mol. The van der Waals surface area contributed by atoms with E-state index in [1.54, 1.807) is 53.7 Å². The van der Waals surface area contributed by atoms with Crippen molar-refractivity contribution in [3.05, 3.63) is 81.9 Å². The van der Waals surface area contributed by atoms with E-state index >= 15 is 0 Å². The number of alkyl halides is 1. The Kier molecular flexibility index (Phi) is 30.2. The second kappa shape index (κ2) is 36.0. The molecule has 4 heterocycles. The standard InChI is InChI=1S/C19H22N6O7.C18H24ClN3O6.C16H23N3O5/c1-8-4-9(23-14(27)5-10-12(26)6-13(20)25-17(10)21)7-22-16(8)18(30)24-11(19(31)32)2-3-15(28)29;1-4-27-15(24)7-6-13(18(26)28-5-2)22-17(25)16-11(3)8-12(10-20-16)21-14(23)9-19;1-4-23-13(20)7-6-12(16(22)24-5-2)19-15(21)14-10(3)8-11(17)9-18-14/h4,7,11,26H,2-3,5-6H2,1H3,(H,23,27)(H,24,30)(H,28,29)(H,31,32)(H3,20,21,25);8,10,13H,4-7,9H2,1-3H3,(H,21,23)(H,22,25);8-9,12H,4-7,17H2,1-3H3,(H,19,21)/t11-;13-;12-/m000/s1. The number of aliphatic hydroxyl groups excluding tert-OH is 1. The lowest BCUT2D eigenvalue weighted by molar-refractivity contribution is -0.148. The molecule has 3 aromatic rings. The molecule has 0 spiro atoms. The molecule has 3 aromatic heterocycles. The topological polar surface area (TPSA) is 472 Å². The largest absolute Gasteiger partial charge is 0.511 e. The van der Waals surface area contributed by atoms with E-state index in [2.05, 4.69) is 46.5 Å². The maximum atomic E-state index is 12.5. The van der Waals surface area contributed by atoms with Crippen molar-refractivity contribution in [2.75, 3.05) is 48.7 Å². The van der Waals surface area contributed by atoms with Crippen LogP contribution in [0.2, 0.25) is 0 Å². The highest BCUT2D eigenvalue weighted by molar-refractivity contribution is 6.29. The van der Waals surface area contributed by atoms with E-state index in [-0.39, 0.29) is 123 Å². The summed E-state index contributed by atoms with van der Waals surface area (Å²) >= 11 is 5.43. The first kappa shape index (κ1) is 70.5. The van der Waals surface area contributed by atoms with Gasteiger partial charge in [-0.3, -0.25) is 43.8 Å². The number of anilines is 3. The average Bonchev–Trinajstić information content (AvgIpc) is 3.13. The number of carboxylic acid groups (broad SMARTS) is 2. The molecule has 5 amide bonds. The van der Waals surface area contributed by atoms with Crippen LogP contribution in [-0.4, -0.2) is 158 Å². The zero-order valence-electron chi connectivity index (χ0n) is 47.2. The van der Waals surface area contributed by atoms with E-state index < -0.39 is 89.9 Å². The fraction of sp³-hybridized carbons (Fsp3) is 0.434. The van der Waals surface area contributed by atoms with Crippen LogP contribution in [0.3, 0.4) is 0 Å². The van der Waals surface area contributed by atoms with Crippen LogP contribution in [-0.2, 0) is 57.3 Å². The number of nitrogens with one attached hydrogen (secondary N) is 6. The minimum absolute atomic E-state index is 0.00819. The van der Waals surface area contributed by atoms with Gasteiger partial charge in [-0.1, -0.05) is 0 Å². The molecule has 0 unspecified atom stereocenters. The first-order valence-electron chi connectivity index (χ1n) is 25.8. The predicted molar refractivity (Wildman–Crippen MR) is 301 cm³/mol. The summed E-state index contributed by atoms with van der Waals surface area (Å²) in [7, 11) is 0. The Labute approximate surface area is 486 Å². The molecule has 0 fully saturated rings. The monoisotopic (exact) mass is 1200 g/mol. The van der Waals surface area contributed by atoms with Gasteiger partial charge in [-0.05, 0) is 103 Å². The number of esters is 4. The van der Waals surface area contributed by atoms with Gasteiger partial charge in [0.25, 0.3) is 17.7 Å². The molecule has 1 aliphatic heterocycles. The van der Waals surface area contributed by atoms with Crippen LogP contribution in [0, 0.1) is 26.2 Å². The van der Waals surface area contributed by atoms with E-state index in [0.29, 0.717) is 28.1 Å². The summed E-state index contributed by atoms with van der Waals surface area (Å²) < 4.78 is 19.5. The number of aliphatic hydroxyl groups is 1. The number of nitrogen functional groups attached to an aromatic ring is 1. The molecule has 3 atom stereocenters. The first-order chi connectivity index (χ1) is 39.7. The lowest BCUT2D eigenvalue weighted by Gasteiger charge is -2.17. The number of pyridine rings is 3. The van der Waals surface area contributed by atoms with Crippen molar-refractivity contribution < 1.29 is 87.0 Å². The Morgan fingerprint density at radius 2 is 1.01 bits per heavy atom. The molecule has 0 saturated heterocycles. The molecule has 0 aliphatic carbocycles. The fourth-order valence-electron chi connectivity index (χ4n) is 7.19. The SMILES string of the molecule is CCOC(=O)CC[C@H](NC(=O)c1ncc(N)cc1C)C(=O)OCC.CCOC(=O)CC[C@H](NC(=O)c1ncc(NC(=O)CCl)cc1C)C(=O)OCC.Cc1cc(NC(=O)CC2=C(O)CC(N)=NC2=N)cnc1C(=O)N[C@@H](CCC(=O)O)C(=O)O. The maximum absolute atomic E-state index is 12.5. The summed E-state index contributed by atoms with van der Waals surface area (Å²) in [4.78, 5) is 146. The van der Waals surface area contributed by atoms with Crippen molar-refractivity contribution in [1.29, 1.82) is 5.41 Å². The zero-order chi connectivity index (χ0) is 63.2. The van der Waals surface area contributed by atoms with Crippen molar-refractivity contribution in [3.63, 3.8) is 0 Å². The minimum atomic E-state index is -1.40. The number of carboxylic acids is 2. The van der Waals surface area contributed by atoms with Gasteiger partial charge in [0.1, 0.15) is 52.7 Å². The zero-order valence-corrected chi connectivity index (χ0v) is 47.9. The molecule has 0 radical (unpaired) electrons. The normalized spacial score (nSPS) is 12.5. The van der Waals surface area contributed by atoms with Gasteiger partial charge in [0, 0.05) is 24.8 Å². The lowest BCUT2D eigenvalue weighted by Crippen LogP contribution is -2.42. The van der Waals surface area contributed by atoms with Gasteiger partial charge in [0.2, 0.25) is 11.8 Å². The average molecular weight is 1200 g/mol. The molecule has 13 N–H and O–H groups in total. The van der Waals surface area contributed by atoms with Gasteiger partial charge in [0.05, 0.1) is 74.9 Å². The number of halogens is 1. The minimum Gasteiger partial charge on any atom is -0.511 e. The Bertz CT molecular complexity index is 2990. The van der Waals surface area contributed by atoms with E-state index in [4.69, 9.17) is 57.6 Å². The molecule has 30 nitrogen and oxygen atoms in total. The van der Waals surface area contributed by atoms with Crippen molar-refractivity contribution in [2.45, 2.75) is 118 Å². The third-order valence-corrected chi connectivity index (χ3v) is 11.3. The molecule has 0 aromatic carbocycles. The highest BCUT2D eigenvalue weighted by Gasteiger charge is 2.28. The molecule has 4 rings (SSSR count). The van der Waals surface area contributed by atoms with Crippen LogP contribution in [0.5, 0.6) is 0 Å². The van der Waals surface area contributed by atoms with Gasteiger partial charge < -0.3 is 72.3 Å². The van der Waals surface area contributed by atoms with Crippen molar-refractivity contribution in [2.24, 2.45) is 10.7 Å². The summed E-state index contributed by atoms with van der Waals surface area (Å²) in [5, 5.41) is 47.9. The molecule has 84 heavy (non-hydrogen) atoms. The van der Waals surface area contributed by atoms with Crippen molar-refractivity contribution >= 4 is 106 Å². The summed E-state index contributed by atoms with van der Waals surface area (Å²) in [5.41, 5.74) is 13.7. The Morgan fingerprint density at radius 3 is 1.39 bits per heavy atom. The van der Waals surface area contributed by atoms with Crippen LogP contribution in [0.15, 0.2) is 53.1 Å². The van der Waals surface area contributed by atoms with Gasteiger partial charge in [-0.25, -0.2) is 34.3 Å². The molecule has 31 heteroatoms. The van der Waals surface area contributed by atoms with Gasteiger partial charge in [-0.15, -0.1) is 11.6 Å². The number of carbonyl (C=O) groups excluding carboxylic acids is 9. The number of ether oxygens (including phenoxy) is 4. The molecular formula is C53H69ClN12O18. The molecule has 0 saturated carbocycles. The third kappa shape index (κ3) is 24.6. The highest BCUT2D eigenvalue weighted by Crippen LogP contribution is 2.20. The number of aryl methyl sites for hydroxylation is 3. The maximum Gasteiger partial charge on any atom is 0.328 e. The van der Waals surface area contributed by atoms with Crippen LogP contribution < -0.4 is 38.1 Å². The number of aliphatic carboxylic acids is 2. The summed E-state index contributed by atoms with van der Waals surface area (Å²) in [6, 6.07) is 1.23. The van der Waals surface area contributed by atoms with E-state index in [1.807, 2.05) is 0 Å². The second-order valence-electron chi connectivity index (χ2n) is 17.7. The second-order valence-corrected chi connectivity index (χ2v) is 18.0. The van der Waals surface area contributed by atoms with Crippen LogP contribution in [0.1, 0.15) is 127 Å². The first-order valence-corrected chi connectivity index (χ1v) is 26.4. The quantitative estimate of drug-likeness (QED) is 0.0297. The number of nitrogens with two attached hydrogens (primary N) is 2. The smallest absolute Gasteiger partial charge is 0.328 e. The third-order valence-electron chi connectivity index (χ3n) is 11.1. The summed E-state index contributed by atoms with van der Waals surface area (Å²) in [6.07, 6.45) is 2.80. The predicted octanol–water partition coefficient (Wildman–Crippen LogP) is 2.87. The Balaban J connectivity index is 0.000000435. The number of nitrogens with zero attached hydrogens (tertiary/aromatic N) is 4. The van der Waals surface area contributed by atoms with Gasteiger partial charge in [-0.2, -0.15) is 0 Å². The van der Waals surface area contributed by atoms with Gasteiger partial charge >= 0.3 is 35.8 Å². The molecule has 456 valence electrons. The number of carbonyl (C=O) groups is 11.